The van der Waals surface area contributed by atoms with Crippen LogP contribution in [0.4, 0.5) is 8.78 Å². The zero-order valence-corrected chi connectivity index (χ0v) is 11.0. The number of thiazole rings is 1. The summed E-state index contributed by atoms with van der Waals surface area (Å²) >= 11 is 4.61. The van der Waals surface area contributed by atoms with E-state index in [2.05, 4.69) is 20.9 Å². The topological polar surface area (TPSA) is 33.1 Å². The lowest BCUT2D eigenvalue weighted by Crippen LogP contribution is -1.86. The smallest absolute Gasteiger partial charge is 0.159 e. The summed E-state index contributed by atoms with van der Waals surface area (Å²) in [7, 11) is 0. The molecule has 17 heavy (non-hydrogen) atoms. The summed E-state index contributed by atoms with van der Waals surface area (Å²) in [5, 5.41) is 9.45. The van der Waals surface area contributed by atoms with Crippen molar-refractivity contribution in [3.8, 4) is 10.6 Å². The molecule has 1 heterocycles. The zero-order valence-electron chi connectivity index (χ0n) is 8.58. The van der Waals surface area contributed by atoms with Crippen molar-refractivity contribution in [2.75, 3.05) is 6.61 Å². The summed E-state index contributed by atoms with van der Waals surface area (Å²) < 4.78 is 26.5. The molecule has 0 unspecified atom stereocenters. The molecule has 0 aliphatic heterocycles. The SMILES string of the molecule is OCCc1sc(-c2ccc(F)c(F)c2)nc1Br. The number of nitrogens with zero attached hydrogens (tertiary/aromatic N) is 1. The van der Waals surface area contributed by atoms with Crippen molar-refractivity contribution in [2.45, 2.75) is 6.42 Å². The highest BCUT2D eigenvalue weighted by atomic mass is 79.9. The molecule has 0 atom stereocenters. The van der Waals surface area contributed by atoms with E-state index in [4.69, 9.17) is 5.11 Å². The highest BCUT2D eigenvalue weighted by Crippen LogP contribution is 2.31. The summed E-state index contributed by atoms with van der Waals surface area (Å²) in [6.07, 6.45) is 0.488. The van der Waals surface area contributed by atoms with Gasteiger partial charge in [-0.2, -0.15) is 0 Å². The maximum absolute atomic E-state index is 13.1. The molecule has 0 aliphatic carbocycles. The second kappa shape index (κ2) is 5.20. The van der Waals surface area contributed by atoms with Crippen LogP contribution in [-0.2, 0) is 6.42 Å². The Labute approximate surface area is 109 Å². The predicted octanol–water partition coefficient (Wildman–Crippen LogP) is 3.39. The van der Waals surface area contributed by atoms with Gasteiger partial charge in [0.15, 0.2) is 11.6 Å². The zero-order chi connectivity index (χ0) is 12.4. The van der Waals surface area contributed by atoms with Gasteiger partial charge in [0.1, 0.15) is 9.61 Å². The molecule has 2 nitrogen and oxygen atoms in total. The Morgan fingerprint density at radius 3 is 2.71 bits per heavy atom. The Morgan fingerprint density at radius 1 is 1.29 bits per heavy atom. The summed E-state index contributed by atoms with van der Waals surface area (Å²) in [5.41, 5.74) is 0.527. The van der Waals surface area contributed by atoms with Crippen molar-refractivity contribution in [1.82, 2.24) is 4.98 Å². The van der Waals surface area contributed by atoms with Crippen LogP contribution >= 0.6 is 27.3 Å². The van der Waals surface area contributed by atoms with Gasteiger partial charge in [0, 0.05) is 23.5 Å². The monoisotopic (exact) mass is 319 g/mol. The van der Waals surface area contributed by atoms with Crippen molar-refractivity contribution in [2.24, 2.45) is 0 Å². The third-order valence-corrected chi connectivity index (χ3v) is 4.24. The number of halogens is 3. The first-order valence-electron chi connectivity index (χ1n) is 4.83. The molecule has 1 aromatic heterocycles. The lowest BCUT2D eigenvalue weighted by molar-refractivity contribution is 0.300. The second-order valence-electron chi connectivity index (χ2n) is 3.34. The fraction of sp³-hybridized carbons (Fsp3) is 0.182. The van der Waals surface area contributed by atoms with Crippen molar-refractivity contribution < 1.29 is 13.9 Å². The maximum Gasteiger partial charge on any atom is 0.159 e. The number of hydrogen-bond donors (Lipinski definition) is 1. The third kappa shape index (κ3) is 2.70. The normalized spacial score (nSPS) is 10.8. The van der Waals surface area contributed by atoms with Crippen LogP contribution < -0.4 is 0 Å². The minimum atomic E-state index is -0.891. The number of benzene rings is 1. The minimum absolute atomic E-state index is 0.0258. The standard InChI is InChI=1S/C11H8BrF2NOS/c12-10-9(3-4-16)17-11(15-10)6-1-2-7(13)8(14)5-6/h1-2,5,16H,3-4H2. The summed E-state index contributed by atoms with van der Waals surface area (Å²) in [6, 6.07) is 3.67. The summed E-state index contributed by atoms with van der Waals surface area (Å²) in [6.45, 7) is 0.0258. The molecule has 0 fully saturated rings. The van der Waals surface area contributed by atoms with E-state index in [1.54, 1.807) is 0 Å². The molecule has 90 valence electrons. The van der Waals surface area contributed by atoms with Crippen LogP contribution in [0.5, 0.6) is 0 Å². The number of aromatic nitrogens is 1. The first-order chi connectivity index (χ1) is 8.11. The van der Waals surface area contributed by atoms with Gasteiger partial charge >= 0.3 is 0 Å². The average molecular weight is 320 g/mol. The number of hydrogen-bond acceptors (Lipinski definition) is 3. The van der Waals surface area contributed by atoms with Gasteiger partial charge in [-0.3, -0.25) is 0 Å². The molecule has 0 bridgehead atoms. The van der Waals surface area contributed by atoms with Crippen molar-refractivity contribution >= 4 is 27.3 Å². The Kier molecular flexibility index (Phi) is 3.86. The van der Waals surface area contributed by atoms with E-state index >= 15 is 0 Å². The molecule has 2 aromatic rings. The molecule has 2 rings (SSSR count). The van der Waals surface area contributed by atoms with Crippen LogP contribution in [0.15, 0.2) is 22.8 Å². The van der Waals surface area contributed by atoms with Crippen molar-refractivity contribution in [3.63, 3.8) is 0 Å². The van der Waals surface area contributed by atoms with E-state index in [1.807, 2.05) is 0 Å². The summed E-state index contributed by atoms with van der Waals surface area (Å²) in [4.78, 5) is 5.09. The van der Waals surface area contributed by atoms with Gasteiger partial charge in [-0.15, -0.1) is 11.3 Å². The van der Waals surface area contributed by atoms with Gasteiger partial charge in [0.2, 0.25) is 0 Å². The van der Waals surface area contributed by atoms with Crippen LogP contribution in [0.2, 0.25) is 0 Å². The molecule has 1 aromatic carbocycles. The molecule has 0 aliphatic rings. The van der Waals surface area contributed by atoms with E-state index < -0.39 is 11.6 Å². The lowest BCUT2D eigenvalue weighted by Gasteiger charge is -1.97. The van der Waals surface area contributed by atoms with Crippen LogP contribution in [-0.4, -0.2) is 16.7 Å². The van der Waals surface area contributed by atoms with E-state index in [9.17, 15) is 8.78 Å². The predicted molar refractivity (Wildman–Crippen MR) is 66.0 cm³/mol. The highest BCUT2D eigenvalue weighted by Gasteiger charge is 2.12. The Balaban J connectivity index is 2.39. The van der Waals surface area contributed by atoms with E-state index in [1.165, 1.54) is 17.4 Å². The number of aliphatic hydroxyl groups is 1. The second-order valence-corrected chi connectivity index (χ2v) is 5.17. The van der Waals surface area contributed by atoms with Gasteiger partial charge in [-0.1, -0.05) is 0 Å². The van der Waals surface area contributed by atoms with Crippen LogP contribution in [0.3, 0.4) is 0 Å². The highest BCUT2D eigenvalue weighted by molar-refractivity contribution is 9.10. The van der Waals surface area contributed by atoms with Crippen LogP contribution in [0.1, 0.15) is 4.88 Å². The molecule has 6 heteroatoms. The van der Waals surface area contributed by atoms with E-state index in [0.717, 1.165) is 17.0 Å². The Morgan fingerprint density at radius 2 is 2.06 bits per heavy atom. The van der Waals surface area contributed by atoms with Gasteiger partial charge < -0.3 is 5.11 Å². The van der Waals surface area contributed by atoms with Gasteiger partial charge in [0.05, 0.1) is 0 Å². The third-order valence-electron chi connectivity index (χ3n) is 2.16. The molecule has 1 N–H and O–H groups in total. The first-order valence-corrected chi connectivity index (χ1v) is 6.44. The molecule has 0 saturated carbocycles. The quantitative estimate of drug-likeness (QED) is 0.940. The number of rotatable bonds is 3. The molecular weight excluding hydrogens is 312 g/mol. The van der Waals surface area contributed by atoms with E-state index in [0.29, 0.717) is 21.6 Å². The van der Waals surface area contributed by atoms with Crippen molar-refractivity contribution in [3.05, 3.63) is 39.3 Å². The number of aliphatic hydroxyl groups excluding tert-OH is 1. The minimum Gasteiger partial charge on any atom is -0.396 e. The fourth-order valence-corrected chi connectivity index (χ4v) is 3.02. The largest absolute Gasteiger partial charge is 0.396 e. The molecule has 0 amide bonds. The average Bonchev–Trinajstić information content (AvgIpc) is 2.65. The maximum atomic E-state index is 13.1. The Hall–Kier alpha value is -0.850. The van der Waals surface area contributed by atoms with Crippen LogP contribution in [0.25, 0.3) is 10.6 Å². The van der Waals surface area contributed by atoms with Gasteiger partial charge in [-0.05, 0) is 34.1 Å². The molecule has 0 spiro atoms. The molecule has 0 saturated heterocycles. The van der Waals surface area contributed by atoms with Crippen molar-refractivity contribution in [1.29, 1.82) is 0 Å². The van der Waals surface area contributed by atoms with Gasteiger partial charge in [0.25, 0.3) is 0 Å². The molecule has 0 radical (unpaired) electrons. The Bertz CT molecular complexity index is 544. The molecular formula is C11H8BrF2NOS. The lowest BCUT2D eigenvalue weighted by atomic mass is 10.2. The summed E-state index contributed by atoms with van der Waals surface area (Å²) in [5.74, 6) is -1.77. The van der Waals surface area contributed by atoms with Gasteiger partial charge in [-0.25, -0.2) is 13.8 Å². The van der Waals surface area contributed by atoms with Crippen LogP contribution in [0, 0.1) is 11.6 Å². The van der Waals surface area contributed by atoms with E-state index in [-0.39, 0.29) is 6.61 Å². The fourth-order valence-electron chi connectivity index (χ4n) is 1.34. The first kappa shape index (κ1) is 12.6.